The van der Waals surface area contributed by atoms with Crippen LogP contribution in [0.1, 0.15) is 59.1 Å². The Hall–Kier alpha value is -2.54. The molecule has 1 saturated heterocycles. The summed E-state index contributed by atoms with van der Waals surface area (Å²) in [6.45, 7) is 8.13. The van der Waals surface area contributed by atoms with E-state index in [0.717, 1.165) is 19.0 Å². The Balaban J connectivity index is 1.65. The Labute approximate surface area is 183 Å². The van der Waals surface area contributed by atoms with E-state index in [1.54, 1.807) is 4.90 Å². The number of carbonyl (C=O) groups is 2. The monoisotopic (exact) mass is 429 g/mol. The largest absolute Gasteiger partial charge is 0.383 e. The number of piperidine rings is 1. The highest BCUT2D eigenvalue weighted by molar-refractivity contribution is 5.97. The molecular weight excluding hydrogens is 397 g/mol. The highest BCUT2D eigenvalue weighted by Crippen LogP contribution is 2.45. The predicted molar refractivity (Wildman–Crippen MR) is 116 cm³/mol. The van der Waals surface area contributed by atoms with Gasteiger partial charge in [0.25, 0.3) is 5.91 Å². The van der Waals surface area contributed by atoms with Gasteiger partial charge in [0.15, 0.2) is 0 Å². The van der Waals surface area contributed by atoms with Crippen LogP contribution in [0.3, 0.4) is 0 Å². The number of hydrogen-bond donors (Lipinski definition) is 2. The lowest BCUT2D eigenvalue weighted by Gasteiger charge is -2.50. The van der Waals surface area contributed by atoms with Crippen LogP contribution in [0.25, 0.3) is 0 Å². The van der Waals surface area contributed by atoms with E-state index in [4.69, 9.17) is 0 Å². The second-order valence-electron chi connectivity index (χ2n) is 9.83. The average molecular weight is 430 g/mol. The number of carbonyl (C=O) groups excluding carboxylic acids is 2. The summed E-state index contributed by atoms with van der Waals surface area (Å²) in [6, 6.07) is 2.79. The molecule has 3 rings (SSSR count). The van der Waals surface area contributed by atoms with Crippen LogP contribution in [0.5, 0.6) is 0 Å². The van der Waals surface area contributed by atoms with E-state index in [1.165, 1.54) is 12.1 Å². The van der Waals surface area contributed by atoms with Gasteiger partial charge < -0.3 is 15.3 Å². The topological polar surface area (TPSA) is 82.5 Å². The van der Waals surface area contributed by atoms with Crippen molar-refractivity contribution in [3.8, 4) is 0 Å². The average Bonchev–Trinajstić information content (AvgIpc) is 2.70. The molecule has 1 aliphatic carbocycles. The molecule has 7 heteroatoms. The fraction of sp³-hybridized carbons (Fsp3) is 0.542. The zero-order chi connectivity index (χ0) is 22.9. The summed E-state index contributed by atoms with van der Waals surface area (Å²) in [5.74, 6) is -0.716. The molecular formula is C24H32FN3O3. The molecule has 168 valence electrons. The molecule has 2 aliphatic rings. The number of hydrogen-bond acceptors (Lipinski definition) is 4. The number of pyridine rings is 1. The Morgan fingerprint density at radius 2 is 2.03 bits per heavy atom. The van der Waals surface area contributed by atoms with Gasteiger partial charge in [0, 0.05) is 42.5 Å². The third kappa shape index (κ3) is 5.03. The van der Waals surface area contributed by atoms with Crippen LogP contribution in [0.4, 0.5) is 4.39 Å². The fourth-order valence-electron chi connectivity index (χ4n) is 4.33. The summed E-state index contributed by atoms with van der Waals surface area (Å²) >= 11 is 0. The summed E-state index contributed by atoms with van der Waals surface area (Å²) in [6.07, 6.45) is 9.02. The van der Waals surface area contributed by atoms with Gasteiger partial charge in [0.1, 0.15) is 11.4 Å². The number of nitrogens with one attached hydrogen (secondary N) is 1. The van der Waals surface area contributed by atoms with E-state index in [1.807, 2.05) is 45.9 Å². The maximum atomic E-state index is 13.3. The van der Waals surface area contributed by atoms with E-state index >= 15 is 0 Å². The SMILES string of the molecule is CC(C)(CC(=O)N1CCC(O)(c2ccc(F)cn2)C(C)(C)C1)NC(=O)C1=CCCC=C1. The maximum absolute atomic E-state index is 13.3. The third-order valence-corrected chi connectivity index (χ3v) is 6.26. The lowest BCUT2D eigenvalue weighted by Crippen LogP contribution is -2.58. The van der Waals surface area contributed by atoms with Crippen LogP contribution in [0, 0.1) is 11.2 Å². The van der Waals surface area contributed by atoms with Gasteiger partial charge >= 0.3 is 0 Å². The fourth-order valence-corrected chi connectivity index (χ4v) is 4.33. The van der Waals surface area contributed by atoms with Crippen LogP contribution in [0.15, 0.2) is 42.1 Å². The molecule has 6 nitrogen and oxygen atoms in total. The Kier molecular flexibility index (Phi) is 6.37. The number of aliphatic hydroxyl groups is 1. The number of allylic oxidation sites excluding steroid dienone is 2. The lowest BCUT2D eigenvalue weighted by molar-refractivity contribution is -0.155. The first-order chi connectivity index (χ1) is 14.4. The van der Waals surface area contributed by atoms with Crippen molar-refractivity contribution >= 4 is 11.8 Å². The minimum Gasteiger partial charge on any atom is -0.383 e. The van der Waals surface area contributed by atoms with Crippen molar-refractivity contribution in [1.82, 2.24) is 15.2 Å². The van der Waals surface area contributed by atoms with E-state index in [0.29, 0.717) is 30.8 Å². The van der Waals surface area contributed by atoms with Gasteiger partial charge in [-0.3, -0.25) is 14.6 Å². The molecule has 0 spiro atoms. The third-order valence-electron chi connectivity index (χ3n) is 6.26. The quantitative estimate of drug-likeness (QED) is 0.753. The van der Waals surface area contributed by atoms with Gasteiger partial charge in [0.2, 0.25) is 5.91 Å². The normalized spacial score (nSPS) is 23.3. The predicted octanol–water partition coefficient (Wildman–Crippen LogP) is 3.23. The first-order valence-corrected chi connectivity index (χ1v) is 10.7. The smallest absolute Gasteiger partial charge is 0.251 e. The van der Waals surface area contributed by atoms with Crippen LogP contribution in [0.2, 0.25) is 0 Å². The number of amides is 2. The minimum atomic E-state index is -1.26. The number of nitrogens with zero attached hydrogens (tertiary/aromatic N) is 2. The number of aromatic nitrogens is 1. The van der Waals surface area contributed by atoms with Crippen LogP contribution >= 0.6 is 0 Å². The lowest BCUT2D eigenvalue weighted by atomic mass is 9.68. The molecule has 1 aliphatic heterocycles. The van der Waals surface area contributed by atoms with Crippen molar-refractivity contribution < 1.29 is 19.1 Å². The summed E-state index contributed by atoms with van der Waals surface area (Å²) < 4.78 is 13.3. The Bertz CT molecular complexity index is 905. The van der Waals surface area contributed by atoms with Gasteiger partial charge in [-0.25, -0.2) is 4.39 Å². The zero-order valence-corrected chi connectivity index (χ0v) is 18.7. The van der Waals surface area contributed by atoms with Gasteiger partial charge in [0.05, 0.1) is 11.9 Å². The number of halogens is 1. The molecule has 1 unspecified atom stereocenters. The molecule has 0 bridgehead atoms. The van der Waals surface area contributed by atoms with E-state index in [9.17, 15) is 19.1 Å². The zero-order valence-electron chi connectivity index (χ0n) is 18.7. The molecule has 0 radical (unpaired) electrons. The summed E-state index contributed by atoms with van der Waals surface area (Å²) in [7, 11) is 0. The van der Waals surface area contributed by atoms with E-state index < -0.39 is 22.4 Å². The second kappa shape index (κ2) is 8.54. The number of likely N-dealkylation sites (tertiary alicyclic amines) is 1. The highest BCUT2D eigenvalue weighted by atomic mass is 19.1. The van der Waals surface area contributed by atoms with Crippen molar-refractivity contribution in [2.45, 2.75) is 64.5 Å². The molecule has 0 saturated carbocycles. The molecule has 1 aromatic rings. The molecule has 2 N–H and O–H groups in total. The van der Waals surface area contributed by atoms with Crippen LogP contribution in [-0.4, -0.2) is 45.4 Å². The molecule has 0 aromatic carbocycles. The summed E-state index contributed by atoms with van der Waals surface area (Å²) in [4.78, 5) is 31.4. The van der Waals surface area contributed by atoms with E-state index in [2.05, 4.69) is 10.3 Å². The van der Waals surface area contributed by atoms with Crippen molar-refractivity contribution in [3.63, 3.8) is 0 Å². The van der Waals surface area contributed by atoms with Gasteiger partial charge in [-0.05, 0) is 38.8 Å². The Morgan fingerprint density at radius 1 is 1.29 bits per heavy atom. The van der Waals surface area contributed by atoms with Crippen LogP contribution in [-0.2, 0) is 15.2 Å². The van der Waals surface area contributed by atoms with Gasteiger partial charge in [-0.1, -0.05) is 32.1 Å². The van der Waals surface area contributed by atoms with Crippen molar-refractivity contribution in [1.29, 1.82) is 0 Å². The molecule has 1 aromatic heterocycles. The molecule has 2 heterocycles. The van der Waals surface area contributed by atoms with Crippen molar-refractivity contribution in [2.24, 2.45) is 5.41 Å². The maximum Gasteiger partial charge on any atom is 0.251 e. The molecule has 1 atom stereocenters. The minimum absolute atomic E-state index is 0.0827. The summed E-state index contributed by atoms with van der Waals surface area (Å²) in [5.41, 5.74) is -1.62. The first kappa shape index (κ1) is 23.1. The first-order valence-electron chi connectivity index (χ1n) is 10.7. The number of rotatable bonds is 5. The standard InChI is InChI=1S/C24H32FN3O3/c1-22(2)16-28(13-12-24(22,31)19-11-10-18(25)15-26-19)20(29)14-23(3,4)27-21(30)17-8-6-5-7-9-17/h6,8-11,15,31H,5,7,12-14,16H2,1-4H3,(H,27,30). The highest BCUT2D eigenvalue weighted by Gasteiger charge is 2.50. The second-order valence-corrected chi connectivity index (χ2v) is 9.83. The Morgan fingerprint density at radius 3 is 2.61 bits per heavy atom. The molecule has 2 amide bonds. The van der Waals surface area contributed by atoms with Crippen LogP contribution < -0.4 is 5.32 Å². The van der Waals surface area contributed by atoms with E-state index in [-0.39, 0.29) is 18.2 Å². The van der Waals surface area contributed by atoms with Crippen molar-refractivity contribution in [3.05, 3.63) is 53.6 Å². The molecule has 31 heavy (non-hydrogen) atoms. The van der Waals surface area contributed by atoms with Gasteiger partial charge in [-0.2, -0.15) is 0 Å². The molecule has 1 fully saturated rings. The van der Waals surface area contributed by atoms with Gasteiger partial charge in [-0.15, -0.1) is 0 Å². The van der Waals surface area contributed by atoms with Crippen molar-refractivity contribution in [2.75, 3.05) is 13.1 Å². The summed E-state index contributed by atoms with van der Waals surface area (Å²) in [5, 5.41) is 14.3.